The van der Waals surface area contributed by atoms with Gasteiger partial charge in [-0.1, -0.05) is 24.3 Å². The minimum Gasteiger partial charge on any atom is -0.381 e. The van der Waals surface area contributed by atoms with Gasteiger partial charge in [0.05, 0.1) is 6.04 Å². The Morgan fingerprint density at radius 1 is 1.38 bits per heavy atom. The van der Waals surface area contributed by atoms with Crippen LogP contribution in [0.4, 0.5) is 0 Å². The molecule has 1 atom stereocenters. The van der Waals surface area contributed by atoms with E-state index in [1.807, 2.05) is 19.2 Å². The van der Waals surface area contributed by atoms with Crippen LogP contribution in [0.15, 0.2) is 24.3 Å². The Morgan fingerprint density at radius 3 is 2.62 bits per heavy atom. The molecule has 1 aromatic carbocycles. The van der Waals surface area contributed by atoms with Gasteiger partial charge in [-0.2, -0.15) is 0 Å². The summed E-state index contributed by atoms with van der Waals surface area (Å²) >= 11 is 0. The number of carbonyl (C=O) groups excluding carboxylic acids is 1. The molecular weight excluding hydrogens is 288 g/mol. The molecule has 2 N–H and O–H groups in total. The molecule has 0 spiro atoms. The van der Waals surface area contributed by atoms with Crippen LogP contribution in [0.1, 0.15) is 24.0 Å². The second kappa shape index (κ2) is 8.37. The first kappa shape index (κ1) is 18.0. The van der Waals surface area contributed by atoms with Crippen molar-refractivity contribution < 1.29 is 9.53 Å². The van der Waals surface area contributed by atoms with Gasteiger partial charge in [0.2, 0.25) is 5.91 Å². The third-order valence-electron chi connectivity index (χ3n) is 4.10. The number of hydrogen-bond donors (Lipinski definition) is 1. The molecule has 1 amide bonds. The van der Waals surface area contributed by atoms with E-state index in [1.165, 1.54) is 11.1 Å². The average Bonchev–Trinajstić information content (AvgIpc) is 2.49. The second-order valence-electron chi connectivity index (χ2n) is 5.60. The third kappa shape index (κ3) is 4.70. The summed E-state index contributed by atoms with van der Waals surface area (Å²) in [5.74, 6) is 0.274. The Bertz CT molecular complexity index is 461. The Hall–Kier alpha value is -1.10. The van der Waals surface area contributed by atoms with E-state index in [4.69, 9.17) is 10.5 Å². The van der Waals surface area contributed by atoms with Crippen LogP contribution in [-0.4, -0.2) is 37.1 Å². The third-order valence-corrected chi connectivity index (χ3v) is 4.10. The molecule has 1 aliphatic heterocycles. The smallest absolute Gasteiger partial charge is 0.239 e. The van der Waals surface area contributed by atoms with E-state index in [2.05, 4.69) is 19.1 Å². The molecule has 21 heavy (non-hydrogen) atoms. The van der Waals surface area contributed by atoms with Crippen LogP contribution in [0, 0.1) is 12.8 Å². The summed E-state index contributed by atoms with van der Waals surface area (Å²) < 4.78 is 5.32. The molecule has 5 heteroatoms. The summed E-state index contributed by atoms with van der Waals surface area (Å²) in [6.07, 6.45) is 1.76. The van der Waals surface area contributed by atoms with Crippen molar-refractivity contribution in [3.63, 3.8) is 0 Å². The summed E-state index contributed by atoms with van der Waals surface area (Å²) in [4.78, 5) is 14.2. The highest BCUT2D eigenvalue weighted by Crippen LogP contribution is 2.19. The fourth-order valence-corrected chi connectivity index (χ4v) is 2.65. The van der Waals surface area contributed by atoms with Crippen LogP contribution < -0.4 is 5.73 Å². The van der Waals surface area contributed by atoms with E-state index in [9.17, 15) is 4.79 Å². The van der Waals surface area contributed by atoms with Crippen LogP contribution in [0.3, 0.4) is 0 Å². The van der Waals surface area contributed by atoms with E-state index < -0.39 is 6.04 Å². The van der Waals surface area contributed by atoms with Crippen molar-refractivity contribution in [2.45, 2.75) is 32.4 Å². The number of nitrogens with two attached hydrogens (primary N) is 1. The maximum atomic E-state index is 12.4. The minimum atomic E-state index is -0.409. The molecule has 118 valence electrons. The lowest BCUT2D eigenvalue weighted by molar-refractivity contribution is -0.133. The van der Waals surface area contributed by atoms with E-state index in [0.717, 1.165) is 12.8 Å². The average molecular weight is 313 g/mol. The maximum Gasteiger partial charge on any atom is 0.239 e. The largest absolute Gasteiger partial charge is 0.381 e. The van der Waals surface area contributed by atoms with Crippen molar-refractivity contribution in [1.29, 1.82) is 0 Å². The van der Waals surface area contributed by atoms with Gasteiger partial charge in [0.15, 0.2) is 0 Å². The van der Waals surface area contributed by atoms with Gasteiger partial charge in [-0.05, 0) is 36.8 Å². The zero-order chi connectivity index (χ0) is 14.5. The molecule has 2 rings (SSSR count). The first-order valence-electron chi connectivity index (χ1n) is 7.22. The summed E-state index contributed by atoms with van der Waals surface area (Å²) in [6.45, 7) is 4.11. The van der Waals surface area contributed by atoms with Crippen LogP contribution in [0.5, 0.6) is 0 Å². The van der Waals surface area contributed by atoms with Gasteiger partial charge in [-0.15, -0.1) is 12.4 Å². The van der Waals surface area contributed by atoms with Gasteiger partial charge in [-0.3, -0.25) is 4.79 Å². The zero-order valence-corrected chi connectivity index (χ0v) is 13.6. The van der Waals surface area contributed by atoms with E-state index in [1.54, 1.807) is 4.90 Å². The molecule has 4 nitrogen and oxygen atoms in total. The minimum absolute atomic E-state index is 0. The highest BCUT2D eigenvalue weighted by atomic mass is 35.5. The molecule has 1 saturated heterocycles. The Morgan fingerprint density at radius 2 is 2.00 bits per heavy atom. The number of benzene rings is 1. The lowest BCUT2D eigenvalue weighted by atomic mass is 9.91. The highest BCUT2D eigenvalue weighted by Gasteiger charge is 2.28. The molecule has 1 aromatic rings. The summed E-state index contributed by atoms with van der Waals surface area (Å²) in [6, 6.07) is 7.71. The number of carbonyl (C=O) groups is 1. The molecule has 1 heterocycles. The number of ether oxygens (including phenoxy) is 1. The number of amides is 1. The predicted molar refractivity (Wildman–Crippen MR) is 86.4 cm³/mol. The van der Waals surface area contributed by atoms with E-state index >= 15 is 0 Å². The lowest BCUT2D eigenvalue weighted by Gasteiger charge is -2.30. The van der Waals surface area contributed by atoms with Gasteiger partial charge < -0.3 is 15.4 Å². The Balaban J connectivity index is 0.00000220. The van der Waals surface area contributed by atoms with Crippen molar-refractivity contribution in [3.8, 4) is 0 Å². The van der Waals surface area contributed by atoms with Gasteiger partial charge in [0.25, 0.3) is 0 Å². The van der Waals surface area contributed by atoms with E-state index in [-0.39, 0.29) is 24.2 Å². The predicted octanol–water partition coefficient (Wildman–Crippen LogP) is 2.13. The van der Waals surface area contributed by atoms with Crippen molar-refractivity contribution in [2.75, 3.05) is 20.3 Å². The SMILES string of the molecule is Cc1ccccc1CN(C)C(=O)C(N)C1CCOCC1.Cl. The summed E-state index contributed by atoms with van der Waals surface area (Å²) in [5, 5.41) is 0. The number of aryl methyl sites for hydroxylation is 1. The number of halogens is 1. The standard InChI is InChI=1S/C16H24N2O2.ClH/c1-12-5-3-4-6-14(12)11-18(2)16(19)15(17)13-7-9-20-10-8-13;/h3-6,13,15H,7-11,17H2,1-2H3;1H. The van der Waals surface area contributed by atoms with Crippen molar-refractivity contribution in [3.05, 3.63) is 35.4 Å². The maximum absolute atomic E-state index is 12.4. The highest BCUT2D eigenvalue weighted by molar-refractivity contribution is 5.85. The molecule has 0 aliphatic carbocycles. The first-order valence-corrected chi connectivity index (χ1v) is 7.22. The Kier molecular flexibility index (Phi) is 7.15. The molecule has 1 fully saturated rings. The molecule has 1 unspecified atom stereocenters. The van der Waals surface area contributed by atoms with Gasteiger partial charge in [0.1, 0.15) is 0 Å². The van der Waals surface area contributed by atoms with Gasteiger partial charge in [-0.25, -0.2) is 0 Å². The van der Waals surface area contributed by atoms with Crippen molar-refractivity contribution in [2.24, 2.45) is 11.7 Å². The van der Waals surface area contributed by atoms with E-state index in [0.29, 0.717) is 19.8 Å². The normalized spacial score (nSPS) is 16.9. The topological polar surface area (TPSA) is 55.6 Å². The number of hydrogen-bond acceptors (Lipinski definition) is 3. The molecule has 0 bridgehead atoms. The van der Waals surface area contributed by atoms with Crippen LogP contribution >= 0.6 is 12.4 Å². The molecule has 0 radical (unpaired) electrons. The summed E-state index contributed by atoms with van der Waals surface area (Å²) in [7, 11) is 1.83. The fourth-order valence-electron chi connectivity index (χ4n) is 2.65. The molecule has 0 aromatic heterocycles. The van der Waals surface area contributed by atoms with Crippen LogP contribution in [0.2, 0.25) is 0 Å². The molecule has 1 aliphatic rings. The van der Waals surface area contributed by atoms with Crippen LogP contribution in [0.25, 0.3) is 0 Å². The van der Waals surface area contributed by atoms with Crippen molar-refractivity contribution in [1.82, 2.24) is 4.90 Å². The molecule has 0 saturated carbocycles. The van der Waals surface area contributed by atoms with Gasteiger partial charge in [0, 0.05) is 26.8 Å². The number of likely N-dealkylation sites (N-methyl/N-ethyl adjacent to an activating group) is 1. The van der Waals surface area contributed by atoms with Gasteiger partial charge >= 0.3 is 0 Å². The quantitative estimate of drug-likeness (QED) is 0.926. The number of rotatable bonds is 4. The van der Waals surface area contributed by atoms with Crippen LogP contribution in [-0.2, 0) is 16.1 Å². The Labute approximate surface area is 133 Å². The second-order valence-corrected chi connectivity index (χ2v) is 5.60. The fraction of sp³-hybridized carbons (Fsp3) is 0.562. The zero-order valence-electron chi connectivity index (χ0n) is 12.7. The lowest BCUT2D eigenvalue weighted by Crippen LogP contribution is -2.47. The first-order chi connectivity index (χ1) is 9.59. The molecular formula is C16H25ClN2O2. The van der Waals surface area contributed by atoms with Crippen molar-refractivity contribution >= 4 is 18.3 Å². The monoisotopic (exact) mass is 312 g/mol. The number of nitrogens with zero attached hydrogens (tertiary/aromatic N) is 1. The summed E-state index contributed by atoms with van der Waals surface area (Å²) in [5.41, 5.74) is 8.51.